The largest absolute Gasteiger partial charge is 0.394 e. The summed E-state index contributed by atoms with van der Waals surface area (Å²) in [5.41, 5.74) is 1.43. The molecule has 0 fully saturated rings. The summed E-state index contributed by atoms with van der Waals surface area (Å²) in [5, 5.41) is 9.40. The lowest BCUT2D eigenvalue weighted by molar-refractivity contribution is 0.259. The average molecular weight is 332 g/mol. The highest BCUT2D eigenvalue weighted by Crippen LogP contribution is 2.30. The molecule has 0 aliphatic rings. The number of hydrogen-bond donors (Lipinski definition) is 2. The van der Waals surface area contributed by atoms with Crippen LogP contribution in [0, 0.1) is 6.92 Å². The van der Waals surface area contributed by atoms with Gasteiger partial charge in [-0.25, -0.2) is 13.1 Å². The van der Waals surface area contributed by atoms with Crippen molar-refractivity contribution in [2.75, 3.05) is 6.61 Å². The number of aliphatic hydroxyl groups is 1. The number of sulfonamides is 1. The van der Waals surface area contributed by atoms with Crippen molar-refractivity contribution >= 4 is 33.0 Å². The van der Waals surface area contributed by atoms with Gasteiger partial charge in [-0.15, -0.1) is 11.3 Å². The molecule has 1 aromatic heterocycles. The van der Waals surface area contributed by atoms with Crippen LogP contribution in [0.5, 0.6) is 0 Å². The molecule has 0 aliphatic carbocycles. The molecular weight excluding hydrogens is 318 g/mol. The van der Waals surface area contributed by atoms with Crippen molar-refractivity contribution in [1.82, 2.24) is 4.72 Å². The summed E-state index contributed by atoms with van der Waals surface area (Å²) in [6.07, 6.45) is 0. The van der Waals surface area contributed by atoms with Crippen molar-refractivity contribution in [3.63, 3.8) is 0 Å². The number of thiophene rings is 1. The van der Waals surface area contributed by atoms with Gasteiger partial charge in [-0.1, -0.05) is 41.9 Å². The third kappa shape index (κ3) is 3.39. The molecule has 0 aliphatic heterocycles. The van der Waals surface area contributed by atoms with Gasteiger partial charge >= 0.3 is 0 Å². The van der Waals surface area contributed by atoms with Crippen LogP contribution in [0.1, 0.15) is 17.2 Å². The third-order valence-corrected chi connectivity index (χ3v) is 6.28. The Morgan fingerprint density at radius 1 is 1.35 bits per heavy atom. The lowest BCUT2D eigenvalue weighted by Crippen LogP contribution is -2.30. The molecule has 0 saturated heterocycles. The molecule has 4 nitrogen and oxygen atoms in total. The van der Waals surface area contributed by atoms with E-state index in [1.807, 2.05) is 6.07 Å². The first-order valence-electron chi connectivity index (χ1n) is 5.88. The molecular formula is C13H14ClNO3S2. The molecule has 2 N–H and O–H groups in total. The fraction of sp³-hybridized carbons (Fsp3) is 0.231. The summed E-state index contributed by atoms with van der Waals surface area (Å²) in [6, 6.07) is 9.77. The van der Waals surface area contributed by atoms with Gasteiger partial charge in [0, 0.05) is 0 Å². The molecule has 2 aromatic rings. The number of rotatable bonds is 5. The maximum absolute atomic E-state index is 12.3. The van der Waals surface area contributed by atoms with Crippen LogP contribution in [0.25, 0.3) is 0 Å². The highest BCUT2D eigenvalue weighted by molar-refractivity contribution is 7.91. The first-order chi connectivity index (χ1) is 9.44. The number of hydrogen-bond acceptors (Lipinski definition) is 4. The van der Waals surface area contributed by atoms with Crippen LogP contribution in [0.15, 0.2) is 40.6 Å². The standard InChI is InChI=1S/C13H14ClNO3S2/c1-9-7-12(19-13(9)14)20(17,18)15-11(8-16)10-5-3-2-4-6-10/h2-7,11,15-16H,8H2,1H3/t11-/m1/s1. The lowest BCUT2D eigenvalue weighted by atomic mass is 10.1. The Morgan fingerprint density at radius 2 is 2.00 bits per heavy atom. The first-order valence-corrected chi connectivity index (χ1v) is 8.56. The topological polar surface area (TPSA) is 66.4 Å². The van der Waals surface area contributed by atoms with E-state index in [2.05, 4.69) is 4.72 Å². The zero-order chi connectivity index (χ0) is 14.8. The van der Waals surface area contributed by atoms with Gasteiger partial charge in [0.2, 0.25) is 0 Å². The van der Waals surface area contributed by atoms with Gasteiger partial charge in [0.15, 0.2) is 0 Å². The average Bonchev–Trinajstić information content (AvgIpc) is 2.78. The van der Waals surface area contributed by atoms with Crippen LogP contribution in [0.4, 0.5) is 0 Å². The van der Waals surface area contributed by atoms with Gasteiger partial charge in [0.25, 0.3) is 10.0 Å². The van der Waals surface area contributed by atoms with Crippen LogP contribution in [-0.2, 0) is 10.0 Å². The molecule has 0 radical (unpaired) electrons. The van der Waals surface area contributed by atoms with Crippen LogP contribution in [-0.4, -0.2) is 20.1 Å². The smallest absolute Gasteiger partial charge is 0.250 e. The second-order valence-electron chi connectivity index (χ2n) is 4.29. The molecule has 0 spiro atoms. The molecule has 108 valence electrons. The van der Waals surface area contributed by atoms with Gasteiger partial charge in [0.05, 0.1) is 17.0 Å². The summed E-state index contributed by atoms with van der Waals surface area (Å²) < 4.78 is 27.6. The predicted molar refractivity (Wildman–Crippen MR) is 80.7 cm³/mol. The summed E-state index contributed by atoms with van der Waals surface area (Å²) in [6.45, 7) is 1.43. The third-order valence-electron chi connectivity index (χ3n) is 2.78. The number of aliphatic hydroxyl groups excluding tert-OH is 1. The van der Waals surface area contributed by atoms with Crippen molar-refractivity contribution in [3.05, 3.63) is 51.9 Å². The van der Waals surface area contributed by atoms with Gasteiger partial charge in [-0.2, -0.15) is 0 Å². The van der Waals surface area contributed by atoms with E-state index in [1.54, 1.807) is 31.2 Å². The van der Waals surface area contributed by atoms with E-state index in [4.69, 9.17) is 11.6 Å². The second kappa shape index (κ2) is 6.24. The maximum Gasteiger partial charge on any atom is 0.250 e. The fourth-order valence-electron chi connectivity index (χ4n) is 1.71. The van der Waals surface area contributed by atoms with E-state index in [1.165, 1.54) is 6.07 Å². The molecule has 1 heterocycles. The predicted octanol–water partition coefficient (Wildman–Crippen LogP) is 2.72. The minimum Gasteiger partial charge on any atom is -0.394 e. The van der Waals surface area contributed by atoms with Crippen LogP contribution in [0.2, 0.25) is 4.34 Å². The van der Waals surface area contributed by atoms with Gasteiger partial charge in [-0.05, 0) is 24.1 Å². The number of halogens is 1. The van der Waals surface area contributed by atoms with E-state index < -0.39 is 16.1 Å². The minimum absolute atomic E-state index is 0.148. The SMILES string of the molecule is Cc1cc(S(=O)(=O)N[C@H](CO)c2ccccc2)sc1Cl. The highest BCUT2D eigenvalue weighted by atomic mass is 35.5. The summed E-state index contributed by atoms with van der Waals surface area (Å²) in [4.78, 5) is 0. The molecule has 0 unspecified atom stereocenters. The number of nitrogens with one attached hydrogen (secondary N) is 1. The van der Waals surface area contributed by atoms with Crippen molar-refractivity contribution in [2.45, 2.75) is 17.2 Å². The van der Waals surface area contributed by atoms with Crippen LogP contribution < -0.4 is 4.72 Å². The molecule has 1 aromatic carbocycles. The zero-order valence-electron chi connectivity index (χ0n) is 10.7. The van der Waals surface area contributed by atoms with E-state index in [0.717, 1.165) is 16.9 Å². The quantitative estimate of drug-likeness (QED) is 0.885. The van der Waals surface area contributed by atoms with Crippen molar-refractivity contribution < 1.29 is 13.5 Å². The van der Waals surface area contributed by atoms with E-state index >= 15 is 0 Å². The molecule has 0 saturated carbocycles. The molecule has 2 rings (SSSR count). The maximum atomic E-state index is 12.3. The Balaban J connectivity index is 2.27. The Labute approximate surface area is 127 Å². The van der Waals surface area contributed by atoms with Crippen molar-refractivity contribution in [1.29, 1.82) is 0 Å². The lowest BCUT2D eigenvalue weighted by Gasteiger charge is -2.16. The van der Waals surface area contributed by atoms with Crippen LogP contribution in [0.3, 0.4) is 0 Å². The van der Waals surface area contributed by atoms with Gasteiger partial charge < -0.3 is 5.11 Å². The Bertz CT molecular complexity index is 663. The van der Waals surface area contributed by atoms with E-state index in [9.17, 15) is 13.5 Å². The van der Waals surface area contributed by atoms with Gasteiger partial charge in [0.1, 0.15) is 4.21 Å². The number of benzene rings is 1. The van der Waals surface area contributed by atoms with E-state index in [-0.39, 0.29) is 10.8 Å². The molecule has 20 heavy (non-hydrogen) atoms. The van der Waals surface area contributed by atoms with Crippen molar-refractivity contribution in [3.8, 4) is 0 Å². The summed E-state index contributed by atoms with van der Waals surface area (Å²) in [5.74, 6) is 0. The van der Waals surface area contributed by atoms with Gasteiger partial charge in [-0.3, -0.25) is 0 Å². The second-order valence-corrected chi connectivity index (χ2v) is 7.88. The summed E-state index contributed by atoms with van der Waals surface area (Å²) in [7, 11) is -3.70. The Hall–Kier alpha value is -0.920. The minimum atomic E-state index is -3.70. The first kappa shape index (κ1) is 15.5. The highest BCUT2D eigenvalue weighted by Gasteiger charge is 2.23. The Morgan fingerprint density at radius 3 is 2.50 bits per heavy atom. The number of aryl methyl sites for hydroxylation is 1. The molecule has 7 heteroatoms. The molecule has 0 amide bonds. The zero-order valence-corrected chi connectivity index (χ0v) is 13.1. The summed E-state index contributed by atoms with van der Waals surface area (Å²) >= 11 is 6.90. The van der Waals surface area contributed by atoms with Crippen molar-refractivity contribution in [2.24, 2.45) is 0 Å². The monoisotopic (exact) mass is 331 g/mol. The molecule has 1 atom stereocenters. The van der Waals surface area contributed by atoms with E-state index in [0.29, 0.717) is 9.90 Å². The van der Waals surface area contributed by atoms with Crippen LogP contribution >= 0.6 is 22.9 Å². The fourth-order valence-corrected chi connectivity index (χ4v) is 4.65. The normalized spacial score (nSPS) is 13.3. The Kier molecular flexibility index (Phi) is 4.82. The molecule has 0 bridgehead atoms.